The minimum Gasteiger partial charge on any atom is -0.488 e. The van der Waals surface area contributed by atoms with Crippen molar-refractivity contribution < 1.29 is 14.6 Å². The molecule has 21 heavy (non-hydrogen) atoms. The molecule has 0 bridgehead atoms. The number of rotatable bonds is 4. The summed E-state index contributed by atoms with van der Waals surface area (Å²) < 4.78 is 5.83. The topological polar surface area (TPSA) is 58.6 Å². The van der Waals surface area contributed by atoms with Gasteiger partial charge in [-0.25, -0.2) is 4.79 Å². The van der Waals surface area contributed by atoms with E-state index in [0.717, 1.165) is 17.9 Å². The minimum atomic E-state index is -1.03. The molecule has 1 heterocycles. The smallest absolute Gasteiger partial charge is 0.337 e. The Kier molecular flexibility index (Phi) is 3.71. The first kappa shape index (κ1) is 13.8. The number of nitrogens with one attached hydrogen (secondary N) is 1. The molecule has 0 fully saturated rings. The van der Waals surface area contributed by atoms with Gasteiger partial charge in [0.1, 0.15) is 11.9 Å². The molecule has 0 spiro atoms. The molecule has 0 saturated carbocycles. The van der Waals surface area contributed by atoms with Gasteiger partial charge in [-0.3, -0.25) is 0 Å². The monoisotopic (exact) mass is 303 g/mol. The molecule has 2 aromatic rings. The molecule has 2 N–H and O–H groups in total. The molecular formula is C16H14ClNO3. The summed E-state index contributed by atoms with van der Waals surface area (Å²) in [6.45, 7) is 0.636. The largest absolute Gasteiger partial charge is 0.488 e. The van der Waals surface area contributed by atoms with E-state index in [-0.39, 0.29) is 16.7 Å². The van der Waals surface area contributed by atoms with Gasteiger partial charge in [-0.1, -0.05) is 29.8 Å². The van der Waals surface area contributed by atoms with Crippen LogP contribution >= 0.6 is 11.6 Å². The molecule has 0 aromatic heterocycles. The van der Waals surface area contributed by atoms with E-state index in [4.69, 9.17) is 21.4 Å². The van der Waals surface area contributed by atoms with Crippen LogP contribution in [0.2, 0.25) is 5.02 Å². The van der Waals surface area contributed by atoms with Crippen molar-refractivity contribution in [2.45, 2.75) is 12.5 Å². The first-order valence-electron chi connectivity index (χ1n) is 6.65. The van der Waals surface area contributed by atoms with Crippen molar-refractivity contribution >= 4 is 23.3 Å². The Bertz CT molecular complexity index is 662. The lowest BCUT2D eigenvalue weighted by Crippen LogP contribution is -2.24. The molecule has 108 valence electrons. The van der Waals surface area contributed by atoms with E-state index in [0.29, 0.717) is 6.54 Å². The molecular weight excluding hydrogens is 290 g/mol. The van der Waals surface area contributed by atoms with Crippen molar-refractivity contribution in [1.82, 2.24) is 0 Å². The van der Waals surface area contributed by atoms with E-state index in [1.807, 2.05) is 18.2 Å². The van der Waals surface area contributed by atoms with Gasteiger partial charge in [-0.2, -0.15) is 0 Å². The number of halogens is 1. The zero-order valence-corrected chi connectivity index (χ0v) is 11.9. The predicted molar refractivity (Wildman–Crippen MR) is 81.5 cm³/mol. The molecule has 5 heteroatoms. The summed E-state index contributed by atoms with van der Waals surface area (Å²) in [4.78, 5) is 10.9. The van der Waals surface area contributed by atoms with Gasteiger partial charge < -0.3 is 15.2 Å². The maximum absolute atomic E-state index is 10.9. The van der Waals surface area contributed by atoms with Crippen molar-refractivity contribution in [2.75, 3.05) is 11.9 Å². The highest BCUT2D eigenvalue weighted by atomic mass is 35.5. The normalized spacial score (nSPS) is 16.1. The molecule has 3 rings (SSSR count). The third kappa shape index (κ3) is 2.95. The Morgan fingerprint density at radius 1 is 1.33 bits per heavy atom. The molecule has 1 atom stereocenters. The van der Waals surface area contributed by atoms with Crippen molar-refractivity contribution in [3.63, 3.8) is 0 Å². The van der Waals surface area contributed by atoms with E-state index in [2.05, 4.69) is 11.4 Å². The third-order valence-corrected chi connectivity index (χ3v) is 3.76. The van der Waals surface area contributed by atoms with Gasteiger partial charge in [-0.15, -0.1) is 0 Å². The summed E-state index contributed by atoms with van der Waals surface area (Å²) >= 11 is 5.94. The fourth-order valence-corrected chi connectivity index (χ4v) is 2.66. The number of carboxylic acid groups (broad SMARTS) is 1. The second kappa shape index (κ2) is 5.66. The van der Waals surface area contributed by atoms with Gasteiger partial charge in [0.05, 0.1) is 17.1 Å². The molecule has 1 aliphatic heterocycles. The van der Waals surface area contributed by atoms with E-state index in [1.54, 1.807) is 12.1 Å². The van der Waals surface area contributed by atoms with Crippen LogP contribution in [0.3, 0.4) is 0 Å². The zero-order chi connectivity index (χ0) is 14.8. The lowest BCUT2D eigenvalue weighted by molar-refractivity contribution is 0.0697. The summed E-state index contributed by atoms with van der Waals surface area (Å²) in [6.07, 6.45) is 0.935. The Hall–Kier alpha value is -2.20. The summed E-state index contributed by atoms with van der Waals surface area (Å²) in [5.41, 5.74) is 2.10. The fourth-order valence-electron chi connectivity index (χ4n) is 2.40. The second-order valence-electron chi connectivity index (χ2n) is 4.93. The number of aromatic carboxylic acids is 1. The van der Waals surface area contributed by atoms with Crippen LogP contribution in [0, 0.1) is 0 Å². The summed E-state index contributed by atoms with van der Waals surface area (Å²) in [6, 6.07) is 12.8. The SMILES string of the molecule is O=C(O)c1ccc(NCC2Cc3ccccc3O2)cc1Cl. The Balaban J connectivity index is 1.62. The number of hydrogen-bond donors (Lipinski definition) is 2. The summed E-state index contributed by atoms with van der Waals surface area (Å²) in [7, 11) is 0. The fraction of sp³-hybridized carbons (Fsp3) is 0.188. The van der Waals surface area contributed by atoms with Crippen LogP contribution in [0.1, 0.15) is 15.9 Å². The minimum absolute atomic E-state index is 0.0697. The molecule has 1 unspecified atom stereocenters. The average molecular weight is 304 g/mol. The van der Waals surface area contributed by atoms with E-state index < -0.39 is 5.97 Å². The Morgan fingerprint density at radius 2 is 2.14 bits per heavy atom. The number of para-hydroxylation sites is 1. The van der Waals surface area contributed by atoms with Crippen molar-refractivity contribution in [1.29, 1.82) is 0 Å². The maximum Gasteiger partial charge on any atom is 0.337 e. The van der Waals surface area contributed by atoms with E-state index in [1.165, 1.54) is 11.6 Å². The summed E-state index contributed by atoms with van der Waals surface area (Å²) in [5, 5.41) is 12.4. The molecule has 4 nitrogen and oxygen atoms in total. The first-order chi connectivity index (χ1) is 10.1. The van der Waals surface area contributed by atoms with Crippen molar-refractivity contribution in [3.05, 3.63) is 58.6 Å². The molecule has 0 aliphatic carbocycles. The molecule has 1 aliphatic rings. The quantitative estimate of drug-likeness (QED) is 0.908. The van der Waals surface area contributed by atoms with E-state index in [9.17, 15) is 4.79 Å². The van der Waals surface area contributed by atoms with Crippen molar-refractivity contribution in [2.24, 2.45) is 0 Å². The van der Waals surface area contributed by atoms with Crippen LogP contribution in [-0.4, -0.2) is 23.7 Å². The lowest BCUT2D eigenvalue weighted by atomic mass is 10.1. The van der Waals surface area contributed by atoms with Crippen LogP contribution in [-0.2, 0) is 6.42 Å². The molecule has 0 radical (unpaired) electrons. The van der Waals surface area contributed by atoms with Gasteiger partial charge in [0, 0.05) is 12.1 Å². The van der Waals surface area contributed by atoms with Crippen LogP contribution in [0.4, 0.5) is 5.69 Å². The number of carbonyl (C=O) groups is 1. The number of hydrogen-bond acceptors (Lipinski definition) is 3. The highest BCUT2D eigenvalue weighted by Gasteiger charge is 2.21. The third-order valence-electron chi connectivity index (χ3n) is 3.45. The van der Waals surface area contributed by atoms with Gasteiger partial charge in [0.25, 0.3) is 0 Å². The number of anilines is 1. The summed E-state index contributed by atoms with van der Waals surface area (Å²) in [5.74, 6) is -0.0929. The highest BCUT2D eigenvalue weighted by molar-refractivity contribution is 6.33. The molecule has 0 amide bonds. The van der Waals surface area contributed by atoms with Crippen LogP contribution in [0.25, 0.3) is 0 Å². The number of ether oxygens (including phenoxy) is 1. The van der Waals surface area contributed by atoms with Crippen LogP contribution in [0.5, 0.6) is 5.75 Å². The Labute approximate surface area is 127 Å². The van der Waals surface area contributed by atoms with Gasteiger partial charge in [0.2, 0.25) is 0 Å². The lowest BCUT2D eigenvalue weighted by Gasteiger charge is -2.13. The van der Waals surface area contributed by atoms with Gasteiger partial charge in [0.15, 0.2) is 0 Å². The van der Waals surface area contributed by atoms with Crippen LogP contribution in [0.15, 0.2) is 42.5 Å². The first-order valence-corrected chi connectivity index (χ1v) is 7.02. The van der Waals surface area contributed by atoms with E-state index >= 15 is 0 Å². The van der Waals surface area contributed by atoms with Crippen LogP contribution < -0.4 is 10.1 Å². The predicted octanol–water partition coefficient (Wildman–Crippen LogP) is 3.45. The number of benzene rings is 2. The number of carboxylic acids is 1. The standard InChI is InChI=1S/C16H14ClNO3/c17-14-8-11(5-6-13(14)16(19)20)18-9-12-7-10-3-1-2-4-15(10)21-12/h1-6,8,12,18H,7,9H2,(H,19,20). The highest BCUT2D eigenvalue weighted by Crippen LogP contribution is 2.28. The van der Waals surface area contributed by atoms with Gasteiger partial charge in [-0.05, 0) is 29.8 Å². The van der Waals surface area contributed by atoms with Gasteiger partial charge >= 0.3 is 5.97 Å². The maximum atomic E-state index is 10.9. The number of fused-ring (bicyclic) bond motifs is 1. The zero-order valence-electron chi connectivity index (χ0n) is 11.2. The Morgan fingerprint density at radius 3 is 2.86 bits per heavy atom. The second-order valence-corrected chi connectivity index (χ2v) is 5.34. The molecule has 0 saturated heterocycles. The average Bonchev–Trinajstić information content (AvgIpc) is 2.87. The molecule has 2 aromatic carbocycles. The van der Waals surface area contributed by atoms with Crippen molar-refractivity contribution in [3.8, 4) is 5.75 Å².